The second-order valence-electron chi connectivity index (χ2n) is 16.8. The van der Waals surface area contributed by atoms with E-state index in [1.165, 1.54) is 25.3 Å². The molecule has 1 saturated heterocycles. The molecular formula is C52H79N3O16P2. The second-order valence-corrected chi connectivity index (χ2v) is 19.8. The molecule has 0 amide bonds. The van der Waals surface area contributed by atoms with Crippen molar-refractivity contribution in [3.8, 4) is 0 Å². The van der Waals surface area contributed by atoms with Gasteiger partial charge in [-0.3, -0.25) is 23.2 Å². The molecule has 7 N–H and O–H groups in total. The van der Waals surface area contributed by atoms with E-state index in [4.69, 9.17) is 29.0 Å². The van der Waals surface area contributed by atoms with E-state index < -0.39 is 89.8 Å². The fourth-order valence-electron chi connectivity index (χ4n) is 6.57. The van der Waals surface area contributed by atoms with Gasteiger partial charge in [0.2, 0.25) is 0 Å². The maximum atomic E-state index is 12.8. The highest BCUT2D eigenvalue weighted by Crippen LogP contribution is 2.60. The van der Waals surface area contributed by atoms with Crippen LogP contribution >= 0.6 is 15.6 Å². The topological polar surface area (TPSA) is 286 Å². The molecule has 0 spiro atoms. The molecular weight excluding hydrogens is 985 g/mol. The third-order valence-electron chi connectivity index (χ3n) is 10.4. The summed E-state index contributed by atoms with van der Waals surface area (Å²) in [5.41, 5.74) is 4.56. The van der Waals surface area contributed by atoms with Crippen LogP contribution in [0.25, 0.3) is 0 Å². The van der Waals surface area contributed by atoms with Crippen molar-refractivity contribution in [2.45, 2.75) is 160 Å². The van der Waals surface area contributed by atoms with Gasteiger partial charge in [0.25, 0.3) is 0 Å². The Bertz CT molecular complexity index is 2170. The number of nitrogen functional groups attached to an aromatic ring is 1. The van der Waals surface area contributed by atoms with Crippen LogP contribution in [0.1, 0.15) is 129 Å². The van der Waals surface area contributed by atoms with Crippen LogP contribution in [-0.2, 0) is 46.3 Å². The van der Waals surface area contributed by atoms with E-state index in [-0.39, 0.29) is 31.5 Å². The number of anilines is 1. The number of aromatic nitrogens is 2. The van der Waals surface area contributed by atoms with Gasteiger partial charge >= 0.3 is 33.3 Å². The minimum Gasteiger partial charge on any atom is -0.462 e. The summed E-state index contributed by atoms with van der Waals surface area (Å²) in [5, 5.41) is 31.2. The quantitative estimate of drug-likeness (QED) is 0.0118. The fourth-order valence-corrected chi connectivity index (χ4v) is 8.68. The Morgan fingerprint density at radius 2 is 1.30 bits per heavy atom. The van der Waals surface area contributed by atoms with Crippen LogP contribution in [-0.4, -0.2) is 96.9 Å². The molecule has 1 aromatic heterocycles. The molecule has 2 rings (SSSR count). The van der Waals surface area contributed by atoms with Crippen LogP contribution in [0.3, 0.4) is 0 Å². The first-order valence-corrected chi connectivity index (χ1v) is 28.0. The Labute approximate surface area is 430 Å². The number of phosphoric acid groups is 2. The number of nitrogens with zero attached hydrogens (tertiary/aromatic N) is 2. The highest BCUT2D eigenvalue weighted by molar-refractivity contribution is 7.61. The lowest BCUT2D eigenvalue weighted by Gasteiger charge is -2.21. The number of aliphatic hydroxyl groups excluding tert-OH is 3. The number of hydrogen-bond donors (Lipinski definition) is 6. The number of carbonyl (C=O) groups is 2. The Kier molecular flexibility index (Phi) is 34.4. The summed E-state index contributed by atoms with van der Waals surface area (Å²) in [6.07, 6.45) is 40.6. The van der Waals surface area contributed by atoms with E-state index in [9.17, 15) is 48.6 Å². The van der Waals surface area contributed by atoms with Gasteiger partial charge in [-0.2, -0.15) is 9.29 Å². The number of unbranched alkanes of at least 4 members (excludes halogenated alkanes) is 4. The van der Waals surface area contributed by atoms with Crippen LogP contribution < -0.4 is 11.4 Å². The van der Waals surface area contributed by atoms with Crippen molar-refractivity contribution in [2.24, 2.45) is 0 Å². The number of carbonyl (C=O) groups excluding carboxylic acids is 2. The molecule has 3 unspecified atom stereocenters. The Hall–Kier alpha value is -4.62. The van der Waals surface area contributed by atoms with E-state index in [0.29, 0.717) is 19.3 Å². The number of nitrogens with two attached hydrogens (primary N) is 1. The fraction of sp³-hybridized carbons (Fsp3) is 0.538. The van der Waals surface area contributed by atoms with Gasteiger partial charge in [0.05, 0.1) is 19.3 Å². The number of rotatable bonds is 39. The number of aliphatic hydroxyl groups is 3. The van der Waals surface area contributed by atoms with Crippen LogP contribution in [0.2, 0.25) is 0 Å². The van der Waals surface area contributed by atoms with Crippen molar-refractivity contribution in [3.63, 3.8) is 0 Å². The third kappa shape index (κ3) is 31.7. The lowest BCUT2D eigenvalue weighted by molar-refractivity contribution is -0.161. The standard InChI is InChI=1S/C52H79N3O16P2/c1-3-5-7-9-11-13-15-17-18-19-20-22-24-26-28-30-32-36-48(58)69-44(40-66-47(57)37-33-35-43(56)34-31-29-27-25-23-21-16-14-12-10-8-6-4-2)41-67-72(62,63)71-73(64,65)68-42-45-49(59)50(60)51(70-45)55-39-38-46(53)54-52(55)61/h6,8,11-14,17-18,20-23,26-29,31,34,38-39,43-45,49-51,56,59-60H,3-5,7,9-10,15-16,19,24-25,30,32-33,35-37,40-42H2,1-2H3,(H,62,63)(H,64,65)(H2,53,54,61)/b8-6-,13-11-,14-12-,18-17-,22-20-,23-21-,28-26-,29-27-,34-31+/t43?,44-,45-,49-,50-,51-/m1/s1. The van der Waals surface area contributed by atoms with Gasteiger partial charge < -0.3 is 45.1 Å². The van der Waals surface area contributed by atoms with Gasteiger partial charge in [-0.15, -0.1) is 0 Å². The van der Waals surface area contributed by atoms with Gasteiger partial charge in [-0.25, -0.2) is 13.9 Å². The van der Waals surface area contributed by atoms with E-state index in [2.05, 4.69) is 83.9 Å². The van der Waals surface area contributed by atoms with Gasteiger partial charge in [0, 0.05) is 19.0 Å². The van der Waals surface area contributed by atoms with Crippen LogP contribution in [0, 0.1) is 0 Å². The third-order valence-corrected chi connectivity index (χ3v) is 13.0. The number of esters is 2. The van der Waals surface area contributed by atoms with Crippen molar-refractivity contribution in [1.82, 2.24) is 9.55 Å². The number of ether oxygens (including phenoxy) is 3. The molecule has 1 aliphatic rings. The molecule has 2 heterocycles. The van der Waals surface area contributed by atoms with Crippen molar-refractivity contribution < 1.29 is 71.4 Å². The van der Waals surface area contributed by atoms with Crippen molar-refractivity contribution in [2.75, 3.05) is 25.6 Å². The zero-order valence-electron chi connectivity index (χ0n) is 42.2. The lowest BCUT2D eigenvalue weighted by Crippen LogP contribution is -2.36. The van der Waals surface area contributed by atoms with Crippen molar-refractivity contribution in [1.29, 1.82) is 0 Å². The Balaban J connectivity index is 1.89. The van der Waals surface area contributed by atoms with E-state index in [0.717, 1.165) is 55.7 Å². The average Bonchev–Trinajstić information content (AvgIpc) is 3.62. The molecule has 1 fully saturated rings. The monoisotopic (exact) mass is 1060 g/mol. The maximum Gasteiger partial charge on any atom is 0.481 e. The van der Waals surface area contributed by atoms with Crippen LogP contribution in [0.4, 0.5) is 5.82 Å². The first-order chi connectivity index (χ1) is 35.1. The molecule has 21 heteroatoms. The van der Waals surface area contributed by atoms with E-state index >= 15 is 0 Å². The minimum atomic E-state index is -5.49. The predicted molar refractivity (Wildman–Crippen MR) is 280 cm³/mol. The van der Waals surface area contributed by atoms with Gasteiger partial charge in [0.1, 0.15) is 30.7 Å². The maximum absolute atomic E-state index is 12.8. The molecule has 8 atom stereocenters. The smallest absolute Gasteiger partial charge is 0.462 e. The molecule has 0 aliphatic carbocycles. The van der Waals surface area contributed by atoms with Crippen molar-refractivity contribution >= 4 is 33.4 Å². The van der Waals surface area contributed by atoms with E-state index in [1.54, 1.807) is 12.2 Å². The Morgan fingerprint density at radius 1 is 0.740 bits per heavy atom. The molecule has 0 bridgehead atoms. The minimum absolute atomic E-state index is 0.0735. The normalized spacial score (nSPS) is 20.3. The van der Waals surface area contributed by atoms with Crippen LogP contribution in [0.5, 0.6) is 0 Å². The molecule has 73 heavy (non-hydrogen) atoms. The number of hydrogen-bond acceptors (Lipinski definition) is 16. The largest absolute Gasteiger partial charge is 0.481 e. The predicted octanol–water partition coefficient (Wildman–Crippen LogP) is 9.19. The Morgan fingerprint density at radius 3 is 1.90 bits per heavy atom. The molecule has 19 nitrogen and oxygen atoms in total. The first kappa shape index (κ1) is 64.5. The van der Waals surface area contributed by atoms with Gasteiger partial charge in [0.15, 0.2) is 12.3 Å². The summed E-state index contributed by atoms with van der Waals surface area (Å²) in [6, 6.07) is 1.23. The zero-order chi connectivity index (χ0) is 53.6. The molecule has 1 aliphatic heterocycles. The van der Waals surface area contributed by atoms with E-state index in [1.807, 2.05) is 36.5 Å². The highest BCUT2D eigenvalue weighted by Gasteiger charge is 2.46. The zero-order valence-corrected chi connectivity index (χ0v) is 44.0. The lowest BCUT2D eigenvalue weighted by atomic mass is 10.1. The second kappa shape index (κ2) is 38.9. The molecule has 0 aromatic carbocycles. The molecule has 408 valence electrons. The van der Waals surface area contributed by atoms with Gasteiger partial charge in [-0.1, -0.05) is 136 Å². The molecule has 0 saturated carbocycles. The molecule has 1 aromatic rings. The summed E-state index contributed by atoms with van der Waals surface area (Å²) in [7, 11) is -11.0. The SMILES string of the molecule is CC/C=C\C/C=C\C/C=C\C/C=C\C=C\C(O)CCCC(=O)OC[C@H](COP(=O)(O)OP(=O)(O)OC[C@H]1O[C@@H](n2ccc(N)nc2=O)[C@H](O)[C@@H]1O)OC(=O)CCC/C=C\C/C=C\C/C=C\C/C=C\CCCCC. The summed E-state index contributed by atoms with van der Waals surface area (Å²) in [5.74, 6) is -1.59. The van der Waals surface area contributed by atoms with Crippen LogP contribution in [0.15, 0.2) is 126 Å². The highest BCUT2D eigenvalue weighted by atomic mass is 31.3. The molecule has 0 radical (unpaired) electrons. The summed E-state index contributed by atoms with van der Waals surface area (Å²) >= 11 is 0. The van der Waals surface area contributed by atoms with Gasteiger partial charge in [-0.05, 0) is 89.5 Å². The average molecular weight is 1060 g/mol. The summed E-state index contributed by atoms with van der Waals surface area (Å²) in [4.78, 5) is 61.9. The summed E-state index contributed by atoms with van der Waals surface area (Å²) < 4.78 is 56.5. The first-order valence-electron chi connectivity index (χ1n) is 25.0. The van der Waals surface area contributed by atoms with Crippen molar-refractivity contribution in [3.05, 3.63) is 132 Å². The number of phosphoric ester groups is 2. The summed E-state index contributed by atoms with van der Waals surface area (Å²) in [6.45, 7) is 1.75. The number of allylic oxidation sites excluding steroid dienone is 17.